The summed E-state index contributed by atoms with van der Waals surface area (Å²) in [6.45, 7) is 0. The van der Waals surface area contributed by atoms with Crippen LogP contribution in [0, 0.1) is 0 Å². The standard InChI is InChI=1S/C15H16ClNO2/c16-12-3-1-10(2-4-12)7-11-8-13-5-6-14(9-11)17(13)15(18)19/h1-4,7,13-14H,5-6,8-9H2,(H,18,19). The van der Waals surface area contributed by atoms with E-state index < -0.39 is 6.09 Å². The average molecular weight is 278 g/mol. The molecule has 1 aromatic rings. The number of benzene rings is 1. The number of amides is 1. The Morgan fingerprint density at radius 2 is 1.79 bits per heavy atom. The Bertz CT molecular complexity index is 507. The van der Waals surface area contributed by atoms with Gasteiger partial charge in [-0.3, -0.25) is 0 Å². The van der Waals surface area contributed by atoms with Gasteiger partial charge in [0.15, 0.2) is 0 Å². The largest absolute Gasteiger partial charge is 0.465 e. The highest BCUT2D eigenvalue weighted by Gasteiger charge is 2.41. The van der Waals surface area contributed by atoms with E-state index in [2.05, 4.69) is 6.08 Å². The summed E-state index contributed by atoms with van der Waals surface area (Å²) in [4.78, 5) is 12.9. The molecule has 100 valence electrons. The summed E-state index contributed by atoms with van der Waals surface area (Å²) >= 11 is 5.87. The van der Waals surface area contributed by atoms with Gasteiger partial charge < -0.3 is 10.0 Å². The zero-order valence-corrected chi connectivity index (χ0v) is 11.3. The molecule has 0 spiro atoms. The number of rotatable bonds is 1. The van der Waals surface area contributed by atoms with E-state index in [0.717, 1.165) is 36.3 Å². The average Bonchev–Trinajstić information content (AvgIpc) is 2.65. The van der Waals surface area contributed by atoms with Gasteiger partial charge in [0, 0.05) is 17.1 Å². The lowest BCUT2D eigenvalue weighted by atomic mass is 9.95. The second-order valence-electron chi connectivity index (χ2n) is 5.34. The lowest BCUT2D eigenvalue weighted by Crippen LogP contribution is -2.43. The predicted molar refractivity (Wildman–Crippen MR) is 75.3 cm³/mol. The highest BCUT2D eigenvalue weighted by molar-refractivity contribution is 6.30. The molecule has 2 saturated heterocycles. The van der Waals surface area contributed by atoms with Crippen LogP contribution in [-0.2, 0) is 0 Å². The molecule has 2 fully saturated rings. The Hall–Kier alpha value is -1.48. The van der Waals surface area contributed by atoms with E-state index in [-0.39, 0.29) is 12.1 Å². The maximum atomic E-state index is 11.2. The second-order valence-corrected chi connectivity index (χ2v) is 5.77. The van der Waals surface area contributed by atoms with Crippen LogP contribution in [0.5, 0.6) is 0 Å². The monoisotopic (exact) mass is 277 g/mol. The molecular formula is C15H16ClNO2. The lowest BCUT2D eigenvalue weighted by Gasteiger charge is -2.33. The number of hydrogen-bond acceptors (Lipinski definition) is 1. The van der Waals surface area contributed by atoms with E-state index in [1.165, 1.54) is 5.57 Å². The van der Waals surface area contributed by atoms with Crippen LogP contribution in [0.3, 0.4) is 0 Å². The first kappa shape index (κ1) is 12.5. The number of fused-ring (bicyclic) bond motifs is 2. The predicted octanol–water partition coefficient (Wildman–Crippen LogP) is 4.03. The minimum Gasteiger partial charge on any atom is -0.465 e. The zero-order chi connectivity index (χ0) is 13.4. The van der Waals surface area contributed by atoms with Gasteiger partial charge in [0.25, 0.3) is 0 Å². The molecule has 0 aliphatic carbocycles. The molecule has 2 atom stereocenters. The Balaban J connectivity index is 1.79. The van der Waals surface area contributed by atoms with Crippen molar-refractivity contribution in [1.82, 2.24) is 4.90 Å². The number of halogens is 1. The summed E-state index contributed by atoms with van der Waals surface area (Å²) in [7, 11) is 0. The van der Waals surface area contributed by atoms with E-state index >= 15 is 0 Å². The Kier molecular flexibility index (Phi) is 3.23. The SMILES string of the molecule is O=C(O)N1C2CCC1CC(=Cc1ccc(Cl)cc1)C2. The van der Waals surface area contributed by atoms with Crippen LogP contribution < -0.4 is 0 Å². The molecule has 1 amide bonds. The zero-order valence-electron chi connectivity index (χ0n) is 10.6. The molecule has 2 bridgehead atoms. The first-order valence-electron chi connectivity index (χ1n) is 6.60. The van der Waals surface area contributed by atoms with Gasteiger partial charge in [0.05, 0.1) is 0 Å². The van der Waals surface area contributed by atoms with Crippen LogP contribution in [0.1, 0.15) is 31.2 Å². The third-order valence-corrected chi connectivity index (χ3v) is 4.33. The van der Waals surface area contributed by atoms with E-state index in [4.69, 9.17) is 11.6 Å². The molecule has 2 heterocycles. The van der Waals surface area contributed by atoms with Gasteiger partial charge in [-0.15, -0.1) is 0 Å². The first-order chi connectivity index (χ1) is 9.13. The molecule has 2 aliphatic heterocycles. The molecule has 1 N–H and O–H groups in total. The van der Waals surface area contributed by atoms with E-state index in [1.807, 2.05) is 24.3 Å². The molecule has 0 saturated carbocycles. The van der Waals surface area contributed by atoms with Crippen LogP contribution in [0.15, 0.2) is 29.8 Å². The molecule has 0 aromatic heterocycles. The van der Waals surface area contributed by atoms with E-state index in [9.17, 15) is 9.90 Å². The number of carboxylic acid groups (broad SMARTS) is 1. The number of hydrogen-bond donors (Lipinski definition) is 1. The maximum Gasteiger partial charge on any atom is 0.407 e. The topological polar surface area (TPSA) is 40.5 Å². The van der Waals surface area contributed by atoms with Crippen molar-refractivity contribution in [3.05, 3.63) is 40.4 Å². The Morgan fingerprint density at radius 3 is 2.32 bits per heavy atom. The van der Waals surface area contributed by atoms with Crippen molar-refractivity contribution in [2.45, 2.75) is 37.8 Å². The van der Waals surface area contributed by atoms with Gasteiger partial charge in [-0.1, -0.05) is 35.4 Å². The number of nitrogens with zero attached hydrogens (tertiary/aromatic N) is 1. The van der Waals surface area contributed by atoms with Crippen LogP contribution in [0.2, 0.25) is 5.02 Å². The van der Waals surface area contributed by atoms with Crippen LogP contribution in [0.25, 0.3) is 6.08 Å². The summed E-state index contributed by atoms with van der Waals surface area (Å²) in [5.41, 5.74) is 2.50. The highest BCUT2D eigenvalue weighted by atomic mass is 35.5. The molecule has 3 nitrogen and oxygen atoms in total. The third-order valence-electron chi connectivity index (χ3n) is 4.08. The van der Waals surface area contributed by atoms with E-state index in [1.54, 1.807) is 4.90 Å². The van der Waals surface area contributed by atoms with Crippen molar-refractivity contribution in [2.75, 3.05) is 0 Å². The third kappa shape index (κ3) is 2.47. The van der Waals surface area contributed by atoms with Crippen molar-refractivity contribution in [3.63, 3.8) is 0 Å². The second kappa shape index (κ2) is 4.89. The van der Waals surface area contributed by atoms with Crippen molar-refractivity contribution in [2.24, 2.45) is 0 Å². The van der Waals surface area contributed by atoms with Gasteiger partial charge in [-0.25, -0.2) is 4.79 Å². The van der Waals surface area contributed by atoms with Crippen LogP contribution in [-0.4, -0.2) is 28.2 Å². The van der Waals surface area contributed by atoms with E-state index in [0.29, 0.717) is 0 Å². The summed E-state index contributed by atoms with van der Waals surface area (Å²) in [6.07, 6.45) is 5.14. The Morgan fingerprint density at radius 1 is 1.21 bits per heavy atom. The number of carbonyl (C=O) groups is 1. The minimum atomic E-state index is -0.766. The molecule has 2 unspecified atom stereocenters. The fraction of sp³-hybridized carbons (Fsp3) is 0.400. The quantitative estimate of drug-likeness (QED) is 0.842. The van der Waals surface area contributed by atoms with Gasteiger partial charge in [0.1, 0.15) is 0 Å². The smallest absolute Gasteiger partial charge is 0.407 e. The van der Waals surface area contributed by atoms with Crippen LogP contribution >= 0.6 is 11.6 Å². The fourth-order valence-electron chi connectivity index (χ4n) is 3.28. The minimum absolute atomic E-state index is 0.176. The molecule has 19 heavy (non-hydrogen) atoms. The molecule has 2 aliphatic rings. The van der Waals surface area contributed by atoms with Crippen molar-refractivity contribution in [3.8, 4) is 0 Å². The summed E-state index contributed by atoms with van der Waals surface area (Å²) in [6, 6.07) is 8.12. The van der Waals surface area contributed by atoms with Crippen molar-refractivity contribution in [1.29, 1.82) is 0 Å². The van der Waals surface area contributed by atoms with Crippen LogP contribution in [0.4, 0.5) is 4.79 Å². The summed E-state index contributed by atoms with van der Waals surface area (Å²) in [5, 5.41) is 9.96. The fourth-order valence-corrected chi connectivity index (χ4v) is 3.40. The van der Waals surface area contributed by atoms with Gasteiger partial charge in [0.2, 0.25) is 0 Å². The van der Waals surface area contributed by atoms with Gasteiger partial charge >= 0.3 is 6.09 Å². The Labute approximate surface area is 117 Å². The lowest BCUT2D eigenvalue weighted by molar-refractivity contribution is 0.113. The molecular weight excluding hydrogens is 262 g/mol. The molecule has 3 rings (SSSR count). The highest BCUT2D eigenvalue weighted by Crippen LogP contribution is 2.39. The first-order valence-corrected chi connectivity index (χ1v) is 6.97. The van der Waals surface area contributed by atoms with Crippen molar-refractivity contribution >= 4 is 23.8 Å². The van der Waals surface area contributed by atoms with Gasteiger partial charge in [-0.05, 0) is 43.4 Å². The maximum absolute atomic E-state index is 11.2. The summed E-state index contributed by atoms with van der Waals surface area (Å²) in [5.74, 6) is 0. The molecule has 4 heteroatoms. The molecule has 0 radical (unpaired) electrons. The summed E-state index contributed by atoms with van der Waals surface area (Å²) < 4.78 is 0. The number of piperidine rings is 1. The molecule has 1 aromatic carbocycles. The van der Waals surface area contributed by atoms with Crippen molar-refractivity contribution < 1.29 is 9.90 Å². The normalized spacial score (nSPS) is 25.5. The van der Waals surface area contributed by atoms with Gasteiger partial charge in [-0.2, -0.15) is 0 Å².